The van der Waals surface area contributed by atoms with E-state index in [0.29, 0.717) is 13.1 Å². The number of nitrogens with zero attached hydrogens (tertiary/aromatic N) is 1. The lowest BCUT2D eigenvalue weighted by Gasteiger charge is -2.17. The number of nitrogens with two attached hydrogens (primary N) is 1. The zero-order valence-corrected chi connectivity index (χ0v) is 13.4. The minimum atomic E-state index is -3.62. The van der Waals surface area contributed by atoms with Gasteiger partial charge < -0.3 is 5.73 Å². The Hall–Kier alpha value is -0.0400. The van der Waals surface area contributed by atoms with Crippen molar-refractivity contribution in [2.45, 2.75) is 17.9 Å². The molecular formula is C11H15Cl3N2O2S. The van der Waals surface area contributed by atoms with Crippen molar-refractivity contribution in [3.8, 4) is 0 Å². The van der Waals surface area contributed by atoms with Gasteiger partial charge in [0.1, 0.15) is 4.90 Å². The highest BCUT2D eigenvalue weighted by molar-refractivity contribution is 7.89. The van der Waals surface area contributed by atoms with Crippen LogP contribution in [0.1, 0.15) is 6.92 Å². The lowest BCUT2D eigenvalue weighted by atomic mass is 10.1. The van der Waals surface area contributed by atoms with Gasteiger partial charge in [-0.1, -0.05) is 36.2 Å². The Kier molecular flexibility index (Phi) is 5.52. The summed E-state index contributed by atoms with van der Waals surface area (Å²) in [7, 11) is -3.62. The summed E-state index contributed by atoms with van der Waals surface area (Å²) in [6, 6.07) is 4.44. The molecule has 1 aromatic rings. The SMILES string of the molecule is CC1CN(S(=O)(=O)c2cccc(Cl)c2Cl)CC1N.Cl. The molecule has 0 amide bonds. The van der Waals surface area contributed by atoms with E-state index < -0.39 is 10.0 Å². The van der Waals surface area contributed by atoms with Gasteiger partial charge in [-0.3, -0.25) is 0 Å². The summed E-state index contributed by atoms with van der Waals surface area (Å²) in [4.78, 5) is 0.0398. The van der Waals surface area contributed by atoms with Crippen molar-refractivity contribution in [3.63, 3.8) is 0 Å². The third-order valence-corrected chi connectivity index (χ3v) is 5.98. The molecule has 1 saturated heterocycles. The van der Waals surface area contributed by atoms with Gasteiger partial charge in [0.25, 0.3) is 0 Å². The molecule has 1 fully saturated rings. The summed E-state index contributed by atoms with van der Waals surface area (Å²) >= 11 is 11.8. The van der Waals surface area contributed by atoms with Gasteiger partial charge in [0.2, 0.25) is 10.0 Å². The van der Waals surface area contributed by atoms with Crippen LogP contribution < -0.4 is 5.73 Å². The quantitative estimate of drug-likeness (QED) is 0.895. The smallest absolute Gasteiger partial charge is 0.244 e. The molecule has 0 saturated carbocycles. The molecule has 0 aromatic heterocycles. The molecule has 1 aliphatic heterocycles. The summed E-state index contributed by atoms with van der Waals surface area (Å²) in [5, 5.41) is 0.293. The zero-order valence-electron chi connectivity index (χ0n) is 10.2. The van der Waals surface area contributed by atoms with E-state index in [0.717, 1.165) is 0 Å². The summed E-state index contributed by atoms with van der Waals surface area (Å²) in [5.74, 6) is 0.137. The highest BCUT2D eigenvalue weighted by atomic mass is 35.5. The molecule has 4 nitrogen and oxygen atoms in total. The molecule has 1 heterocycles. The van der Waals surface area contributed by atoms with Crippen molar-refractivity contribution < 1.29 is 8.42 Å². The predicted octanol–water partition coefficient (Wildman–Crippen LogP) is 2.38. The van der Waals surface area contributed by atoms with Gasteiger partial charge in [-0.05, 0) is 18.1 Å². The Morgan fingerprint density at radius 1 is 1.32 bits per heavy atom. The Labute approximate surface area is 129 Å². The van der Waals surface area contributed by atoms with Crippen molar-refractivity contribution >= 4 is 45.6 Å². The molecule has 2 N–H and O–H groups in total. The van der Waals surface area contributed by atoms with Crippen molar-refractivity contribution in [3.05, 3.63) is 28.2 Å². The standard InChI is InChI=1S/C11H14Cl2N2O2S.ClH/c1-7-5-15(6-9(7)14)18(16,17)10-4-2-3-8(12)11(10)13;/h2-4,7,9H,5-6,14H2,1H3;1H. The molecule has 108 valence electrons. The van der Waals surface area contributed by atoms with E-state index in [9.17, 15) is 8.42 Å². The Morgan fingerprint density at radius 3 is 2.47 bits per heavy atom. The maximum absolute atomic E-state index is 12.4. The minimum absolute atomic E-state index is 0. The Balaban J connectivity index is 0.00000180. The van der Waals surface area contributed by atoms with E-state index in [-0.39, 0.29) is 39.3 Å². The lowest BCUT2D eigenvalue weighted by molar-refractivity contribution is 0.464. The first-order valence-corrected chi connectivity index (χ1v) is 7.73. The van der Waals surface area contributed by atoms with Crippen LogP contribution >= 0.6 is 35.6 Å². The number of hydrogen-bond acceptors (Lipinski definition) is 3. The Morgan fingerprint density at radius 2 is 1.95 bits per heavy atom. The molecular weight excluding hydrogens is 331 g/mol. The third kappa shape index (κ3) is 3.17. The highest BCUT2D eigenvalue weighted by Gasteiger charge is 2.36. The van der Waals surface area contributed by atoms with E-state index in [1.807, 2.05) is 6.92 Å². The molecule has 2 unspecified atom stereocenters. The average molecular weight is 346 g/mol. The van der Waals surface area contributed by atoms with Crippen LogP contribution in [0.5, 0.6) is 0 Å². The van der Waals surface area contributed by atoms with Crippen LogP contribution in [0.15, 0.2) is 23.1 Å². The van der Waals surface area contributed by atoms with E-state index in [1.54, 1.807) is 12.1 Å². The second-order valence-corrected chi connectivity index (χ2v) is 7.21. The fourth-order valence-electron chi connectivity index (χ4n) is 1.96. The van der Waals surface area contributed by atoms with Crippen molar-refractivity contribution in [2.24, 2.45) is 11.7 Å². The highest BCUT2D eigenvalue weighted by Crippen LogP contribution is 2.32. The predicted molar refractivity (Wildman–Crippen MR) is 79.6 cm³/mol. The van der Waals surface area contributed by atoms with Gasteiger partial charge in [0, 0.05) is 19.1 Å². The summed E-state index contributed by atoms with van der Waals surface area (Å²) in [6.07, 6.45) is 0. The fourth-order valence-corrected chi connectivity index (χ4v) is 4.28. The largest absolute Gasteiger partial charge is 0.326 e. The number of rotatable bonds is 2. The monoisotopic (exact) mass is 344 g/mol. The average Bonchev–Trinajstić information content (AvgIpc) is 2.63. The third-order valence-electron chi connectivity index (χ3n) is 3.17. The number of halogens is 3. The molecule has 19 heavy (non-hydrogen) atoms. The topological polar surface area (TPSA) is 63.4 Å². The summed E-state index contributed by atoms with van der Waals surface area (Å²) in [5.41, 5.74) is 5.85. The van der Waals surface area contributed by atoms with Gasteiger partial charge in [0.05, 0.1) is 10.0 Å². The van der Waals surface area contributed by atoms with Gasteiger partial charge in [0.15, 0.2) is 0 Å². The Bertz CT molecular complexity index is 555. The second-order valence-electron chi connectivity index (χ2n) is 4.52. The lowest BCUT2D eigenvalue weighted by Crippen LogP contribution is -2.32. The first-order valence-electron chi connectivity index (χ1n) is 5.53. The minimum Gasteiger partial charge on any atom is -0.326 e. The normalized spacial score (nSPS) is 24.2. The summed E-state index contributed by atoms with van der Waals surface area (Å²) < 4.78 is 26.2. The van der Waals surface area contributed by atoms with Crippen LogP contribution in [0.2, 0.25) is 10.0 Å². The maximum atomic E-state index is 12.4. The van der Waals surface area contributed by atoms with E-state index >= 15 is 0 Å². The van der Waals surface area contributed by atoms with E-state index in [4.69, 9.17) is 28.9 Å². The first-order chi connectivity index (χ1) is 8.34. The van der Waals surface area contributed by atoms with E-state index in [2.05, 4.69) is 0 Å². The van der Waals surface area contributed by atoms with E-state index in [1.165, 1.54) is 10.4 Å². The molecule has 2 atom stereocenters. The van der Waals surface area contributed by atoms with Crippen molar-refractivity contribution in [1.82, 2.24) is 4.31 Å². The molecule has 1 aromatic carbocycles. The molecule has 0 spiro atoms. The first kappa shape index (κ1) is 17.0. The molecule has 8 heteroatoms. The number of sulfonamides is 1. The molecule has 1 aliphatic rings. The van der Waals surface area contributed by atoms with Gasteiger partial charge in [-0.25, -0.2) is 8.42 Å². The van der Waals surface area contributed by atoms with Crippen LogP contribution in [0.3, 0.4) is 0 Å². The van der Waals surface area contributed by atoms with Crippen molar-refractivity contribution in [1.29, 1.82) is 0 Å². The molecule has 0 bridgehead atoms. The van der Waals surface area contributed by atoms with Crippen LogP contribution in [0, 0.1) is 5.92 Å². The van der Waals surface area contributed by atoms with Crippen LogP contribution in [-0.4, -0.2) is 31.9 Å². The van der Waals surface area contributed by atoms with Crippen LogP contribution in [0.25, 0.3) is 0 Å². The van der Waals surface area contributed by atoms with Gasteiger partial charge in [-0.15, -0.1) is 12.4 Å². The molecule has 2 rings (SSSR count). The number of benzene rings is 1. The number of hydrogen-bond donors (Lipinski definition) is 1. The maximum Gasteiger partial charge on any atom is 0.244 e. The summed E-state index contributed by atoms with van der Waals surface area (Å²) in [6.45, 7) is 2.65. The van der Waals surface area contributed by atoms with Crippen LogP contribution in [-0.2, 0) is 10.0 Å². The molecule has 0 radical (unpaired) electrons. The van der Waals surface area contributed by atoms with Gasteiger partial charge in [-0.2, -0.15) is 4.31 Å². The van der Waals surface area contributed by atoms with Gasteiger partial charge >= 0.3 is 0 Å². The van der Waals surface area contributed by atoms with Crippen molar-refractivity contribution in [2.75, 3.05) is 13.1 Å². The second kappa shape index (κ2) is 6.16. The fraction of sp³-hybridized carbons (Fsp3) is 0.455. The zero-order chi connectivity index (χ0) is 13.5. The molecule has 0 aliphatic carbocycles. The van der Waals surface area contributed by atoms with Crippen LogP contribution in [0.4, 0.5) is 0 Å².